The van der Waals surface area contributed by atoms with E-state index in [0.717, 1.165) is 70.2 Å². The number of hydrogen-bond donors (Lipinski definition) is 1. The molecule has 1 saturated heterocycles. The largest absolute Gasteiger partial charge is 0.494 e. The summed E-state index contributed by atoms with van der Waals surface area (Å²) in [4.78, 5) is 6.78. The van der Waals surface area contributed by atoms with Gasteiger partial charge in [-0.25, -0.2) is 0 Å². The van der Waals surface area contributed by atoms with Crippen molar-refractivity contribution in [3.8, 4) is 5.75 Å². The molecule has 0 bridgehead atoms. The number of unbranched alkanes of at least 4 members (excludes halogenated alkanes) is 1. The molecule has 6 nitrogen and oxygen atoms in total. The topological polar surface area (TPSA) is 55.3 Å². The minimum atomic E-state index is 0.565. The quantitative estimate of drug-likeness (QED) is 0.337. The monoisotopic (exact) mass is 391 g/mol. The Bertz CT molecular complexity index is 563. The van der Waals surface area contributed by atoms with E-state index >= 15 is 0 Å². The summed E-state index contributed by atoms with van der Waals surface area (Å²) in [5, 5.41) is 3.50. The summed E-state index contributed by atoms with van der Waals surface area (Å²) in [6, 6.07) is 8.42. The van der Waals surface area contributed by atoms with Gasteiger partial charge in [0.1, 0.15) is 5.75 Å². The molecule has 0 aliphatic carbocycles. The first-order valence-electron chi connectivity index (χ1n) is 10.5. The molecule has 2 rings (SSSR count). The van der Waals surface area contributed by atoms with Gasteiger partial charge in [-0.3, -0.25) is 4.99 Å². The fourth-order valence-corrected chi connectivity index (χ4v) is 3.29. The van der Waals surface area contributed by atoms with E-state index in [4.69, 9.17) is 14.2 Å². The Morgan fingerprint density at radius 3 is 2.75 bits per heavy atom. The normalized spacial score (nSPS) is 17.2. The molecule has 0 aromatic heterocycles. The minimum absolute atomic E-state index is 0.565. The molecular formula is C22H37N3O3. The Labute approximate surface area is 170 Å². The highest BCUT2D eigenvalue weighted by molar-refractivity contribution is 5.80. The lowest BCUT2D eigenvalue weighted by Gasteiger charge is -2.21. The number of nitrogens with zero attached hydrogens (tertiary/aromatic N) is 2. The molecular weight excluding hydrogens is 354 g/mol. The zero-order chi connectivity index (χ0) is 20.0. The Morgan fingerprint density at radius 2 is 2.04 bits per heavy atom. The van der Waals surface area contributed by atoms with E-state index in [1.54, 1.807) is 7.11 Å². The van der Waals surface area contributed by atoms with Gasteiger partial charge in [0.25, 0.3) is 0 Å². The van der Waals surface area contributed by atoms with Crippen LogP contribution in [0.3, 0.4) is 0 Å². The standard InChI is InChI=1S/C22H37N3O3/c1-4-5-14-28-21-8-6-19(7-9-21)10-12-24-22(23-2)25-13-11-20(17-25)18-27-16-15-26-3/h6-9,20H,4-5,10-18H2,1-3H3,(H,23,24). The molecule has 1 aromatic carbocycles. The minimum Gasteiger partial charge on any atom is -0.494 e. The SMILES string of the molecule is CCCCOc1ccc(CCNC(=NC)N2CCC(COCCOC)C2)cc1. The molecule has 1 aromatic rings. The van der Waals surface area contributed by atoms with Gasteiger partial charge < -0.3 is 24.4 Å². The van der Waals surface area contributed by atoms with Crippen LogP contribution in [-0.2, 0) is 15.9 Å². The highest BCUT2D eigenvalue weighted by Crippen LogP contribution is 2.17. The predicted molar refractivity (Wildman–Crippen MR) is 114 cm³/mol. The molecule has 1 heterocycles. The third-order valence-corrected chi connectivity index (χ3v) is 4.97. The average molecular weight is 392 g/mol. The van der Waals surface area contributed by atoms with Gasteiger partial charge in [0, 0.05) is 39.7 Å². The number of hydrogen-bond acceptors (Lipinski definition) is 4. The maximum Gasteiger partial charge on any atom is 0.193 e. The first-order valence-corrected chi connectivity index (χ1v) is 10.5. The van der Waals surface area contributed by atoms with Crippen molar-refractivity contribution in [1.82, 2.24) is 10.2 Å². The molecule has 1 atom stereocenters. The average Bonchev–Trinajstić information content (AvgIpc) is 3.18. The van der Waals surface area contributed by atoms with Crippen LogP contribution in [0.15, 0.2) is 29.3 Å². The third-order valence-electron chi connectivity index (χ3n) is 4.97. The van der Waals surface area contributed by atoms with Crippen molar-refractivity contribution in [3.63, 3.8) is 0 Å². The molecule has 0 spiro atoms. The van der Waals surface area contributed by atoms with Crippen molar-refractivity contribution in [2.45, 2.75) is 32.6 Å². The Hall–Kier alpha value is -1.79. The van der Waals surface area contributed by atoms with Crippen LogP contribution in [0.5, 0.6) is 5.75 Å². The van der Waals surface area contributed by atoms with E-state index in [1.807, 2.05) is 7.05 Å². The van der Waals surface area contributed by atoms with Crippen LogP contribution in [0, 0.1) is 5.92 Å². The second kappa shape index (κ2) is 13.4. The number of likely N-dealkylation sites (tertiary alicyclic amines) is 1. The van der Waals surface area contributed by atoms with Crippen LogP contribution in [0.1, 0.15) is 31.7 Å². The van der Waals surface area contributed by atoms with E-state index < -0.39 is 0 Å². The van der Waals surface area contributed by atoms with Crippen LogP contribution >= 0.6 is 0 Å². The summed E-state index contributed by atoms with van der Waals surface area (Å²) in [6.45, 7) is 7.98. The van der Waals surface area contributed by atoms with Gasteiger partial charge in [-0.2, -0.15) is 0 Å². The first-order chi connectivity index (χ1) is 13.8. The second-order valence-corrected chi connectivity index (χ2v) is 7.24. The van der Waals surface area contributed by atoms with Crippen LogP contribution in [0.2, 0.25) is 0 Å². The molecule has 1 unspecified atom stereocenters. The molecule has 1 aliphatic heterocycles. The Morgan fingerprint density at radius 1 is 1.21 bits per heavy atom. The maximum atomic E-state index is 5.72. The highest BCUT2D eigenvalue weighted by atomic mass is 16.5. The maximum absolute atomic E-state index is 5.72. The highest BCUT2D eigenvalue weighted by Gasteiger charge is 2.24. The molecule has 1 aliphatic rings. The summed E-state index contributed by atoms with van der Waals surface area (Å²) >= 11 is 0. The van der Waals surface area contributed by atoms with Crippen molar-refractivity contribution in [1.29, 1.82) is 0 Å². The Balaban J connectivity index is 1.67. The zero-order valence-electron chi connectivity index (χ0n) is 17.8. The van der Waals surface area contributed by atoms with E-state index in [1.165, 1.54) is 5.56 Å². The molecule has 158 valence electrons. The lowest BCUT2D eigenvalue weighted by atomic mass is 10.1. The van der Waals surface area contributed by atoms with Gasteiger partial charge in [0.05, 0.1) is 26.4 Å². The fourth-order valence-electron chi connectivity index (χ4n) is 3.29. The molecule has 28 heavy (non-hydrogen) atoms. The summed E-state index contributed by atoms with van der Waals surface area (Å²) < 4.78 is 16.4. The number of aliphatic imine (C=N–C) groups is 1. The molecule has 1 N–H and O–H groups in total. The lowest BCUT2D eigenvalue weighted by Crippen LogP contribution is -2.41. The summed E-state index contributed by atoms with van der Waals surface area (Å²) in [5.74, 6) is 2.51. The van der Waals surface area contributed by atoms with Gasteiger partial charge in [-0.05, 0) is 37.0 Å². The van der Waals surface area contributed by atoms with Crippen LogP contribution in [-0.4, -0.2) is 71.1 Å². The molecule has 0 radical (unpaired) electrons. The molecule has 0 saturated carbocycles. The van der Waals surface area contributed by atoms with Crippen molar-refractivity contribution in [2.75, 3.05) is 60.2 Å². The first kappa shape index (κ1) is 22.5. The molecule has 0 amide bonds. The van der Waals surface area contributed by atoms with E-state index in [0.29, 0.717) is 19.1 Å². The van der Waals surface area contributed by atoms with Crippen molar-refractivity contribution < 1.29 is 14.2 Å². The number of benzene rings is 1. The van der Waals surface area contributed by atoms with Gasteiger partial charge in [-0.1, -0.05) is 25.5 Å². The van der Waals surface area contributed by atoms with Crippen LogP contribution in [0.25, 0.3) is 0 Å². The van der Waals surface area contributed by atoms with Gasteiger partial charge in [0.15, 0.2) is 5.96 Å². The van der Waals surface area contributed by atoms with Crippen LogP contribution < -0.4 is 10.1 Å². The molecule has 1 fully saturated rings. The predicted octanol–water partition coefficient (Wildman–Crippen LogP) is 2.97. The zero-order valence-corrected chi connectivity index (χ0v) is 17.8. The van der Waals surface area contributed by atoms with Gasteiger partial charge >= 0.3 is 0 Å². The van der Waals surface area contributed by atoms with Crippen molar-refractivity contribution >= 4 is 5.96 Å². The van der Waals surface area contributed by atoms with E-state index in [2.05, 4.69) is 46.4 Å². The van der Waals surface area contributed by atoms with Gasteiger partial charge in [0.2, 0.25) is 0 Å². The Kier molecular flexibility index (Phi) is 10.8. The van der Waals surface area contributed by atoms with E-state index in [-0.39, 0.29) is 0 Å². The fraction of sp³-hybridized carbons (Fsp3) is 0.682. The summed E-state index contributed by atoms with van der Waals surface area (Å²) in [7, 11) is 3.55. The molecule has 6 heteroatoms. The van der Waals surface area contributed by atoms with E-state index in [9.17, 15) is 0 Å². The number of rotatable bonds is 12. The second-order valence-electron chi connectivity index (χ2n) is 7.24. The number of nitrogens with one attached hydrogen (secondary N) is 1. The summed E-state index contributed by atoms with van der Waals surface area (Å²) in [6.07, 6.45) is 4.37. The van der Waals surface area contributed by atoms with Gasteiger partial charge in [-0.15, -0.1) is 0 Å². The smallest absolute Gasteiger partial charge is 0.193 e. The number of ether oxygens (including phenoxy) is 3. The lowest BCUT2D eigenvalue weighted by molar-refractivity contribution is 0.0536. The number of guanidine groups is 1. The van der Waals surface area contributed by atoms with Crippen LogP contribution in [0.4, 0.5) is 0 Å². The van der Waals surface area contributed by atoms with Crippen molar-refractivity contribution in [2.24, 2.45) is 10.9 Å². The third kappa shape index (κ3) is 8.07. The summed E-state index contributed by atoms with van der Waals surface area (Å²) in [5.41, 5.74) is 1.30. The van der Waals surface area contributed by atoms with Crippen molar-refractivity contribution in [3.05, 3.63) is 29.8 Å². The number of methoxy groups -OCH3 is 1.